The van der Waals surface area contributed by atoms with Gasteiger partial charge in [-0.05, 0) is 114 Å². The van der Waals surface area contributed by atoms with Crippen LogP contribution in [0.4, 0.5) is 0 Å². The van der Waals surface area contributed by atoms with Crippen LogP contribution in [0.15, 0.2) is 193 Å². The molecule has 0 aliphatic carbocycles. The molecule has 0 radical (unpaired) electrons. The summed E-state index contributed by atoms with van der Waals surface area (Å²) in [6.45, 7) is 5.93. The molecule has 2 nitrogen and oxygen atoms in total. The van der Waals surface area contributed by atoms with Gasteiger partial charge in [0.05, 0.1) is 23.0 Å². The van der Waals surface area contributed by atoms with Gasteiger partial charge in [0.2, 0.25) is 0 Å². The van der Waals surface area contributed by atoms with Crippen molar-refractivity contribution >= 4 is 22.7 Å². The number of ether oxygens (including phenoxy) is 2. The average molecular weight is 871 g/mol. The van der Waals surface area contributed by atoms with Gasteiger partial charge < -0.3 is 9.47 Å². The van der Waals surface area contributed by atoms with E-state index in [-0.39, 0.29) is 0 Å². The van der Waals surface area contributed by atoms with Crippen LogP contribution in [0.1, 0.15) is 52.4 Å². The number of hydrogen-bond donors (Lipinski definition) is 0. The molecule has 0 spiro atoms. The van der Waals surface area contributed by atoms with Crippen molar-refractivity contribution in [1.82, 2.24) is 0 Å². The van der Waals surface area contributed by atoms with Gasteiger partial charge in [0.25, 0.3) is 0 Å². The van der Waals surface area contributed by atoms with E-state index in [4.69, 9.17) is 9.47 Å². The van der Waals surface area contributed by atoms with Gasteiger partial charge in [-0.1, -0.05) is 209 Å². The van der Waals surface area contributed by atoms with Crippen molar-refractivity contribution in [3.05, 3.63) is 193 Å². The highest BCUT2D eigenvalue weighted by Crippen LogP contribution is 2.56. The molecule has 2 heterocycles. The minimum atomic E-state index is 0.735. The molecule has 9 rings (SSSR count). The lowest BCUT2D eigenvalue weighted by molar-refractivity contribution is 0.308. The van der Waals surface area contributed by atoms with Gasteiger partial charge in [-0.25, -0.2) is 0 Å². The van der Waals surface area contributed by atoms with Crippen molar-refractivity contribution in [2.45, 2.75) is 52.4 Å². The largest absolute Gasteiger partial charge is 0.492 e. The van der Waals surface area contributed by atoms with Gasteiger partial charge in [-0.3, -0.25) is 0 Å². The maximum absolute atomic E-state index is 6.35. The Morgan fingerprint density at radius 1 is 0.297 bits per heavy atom. The van der Waals surface area contributed by atoms with Crippen LogP contribution in [0.2, 0.25) is 0 Å². The van der Waals surface area contributed by atoms with Crippen LogP contribution in [0.5, 0.6) is 11.5 Å². The highest BCUT2D eigenvalue weighted by molar-refractivity contribution is 7.14. The summed E-state index contributed by atoms with van der Waals surface area (Å²) in [6.07, 6.45) is 6.82. The SMILES string of the molecule is CCCCCOc1ccsc1-c1ccc(-c2c(-c3ccccc3)c(-c3ccccc3)c(-c3ccc(-c4sccc4OCCCCC)cc3)c(-c3ccccc3)c2-c2ccccc2)cc1. The van der Waals surface area contributed by atoms with Crippen molar-refractivity contribution in [3.8, 4) is 99.1 Å². The standard InChI is InChI=1S/C60H54O2S2/c1-3-5-19-39-61-51-37-41-63-59(51)49-33-29-47(30-34-49)57-53(43-21-11-7-12-22-43)55(45-25-15-9-16-26-45)58(56(46-27-17-10-18-28-46)54(57)44-23-13-8-14-24-44)48-31-35-50(36-32-48)60-52(38-42-64-60)62-40-20-6-4-2/h7-18,21-38,41-42H,3-6,19-20,39-40H2,1-2H3. The highest BCUT2D eigenvalue weighted by Gasteiger charge is 2.29. The first kappa shape index (κ1) is 42.8. The lowest BCUT2D eigenvalue weighted by atomic mass is 9.74. The molecule has 0 saturated carbocycles. The smallest absolute Gasteiger partial charge is 0.137 e. The maximum atomic E-state index is 6.35. The Labute approximate surface area is 387 Å². The molecule has 0 aliphatic rings. The molecule has 318 valence electrons. The maximum Gasteiger partial charge on any atom is 0.137 e. The number of thiophene rings is 2. The van der Waals surface area contributed by atoms with Crippen molar-refractivity contribution in [2.75, 3.05) is 13.2 Å². The van der Waals surface area contributed by atoms with E-state index < -0.39 is 0 Å². The second-order valence-corrected chi connectivity index (χ2v) is 18.0. The van der Waals surface area contributed by atoms with Crippen molar-refractivity contribution in [1.29, 1.82) is 0 Å². The van der Waals surface area contributed by atoms with E-state index in [1.165, 1.54) is 91.1 Å². The second-order valence-electron chi connectivity index (χ2n) is 16.2. The number of unbranched alkanes of at least 4 members (excludes halogenated alkanes) is 4. The molecule has 0 aliphatic heterocycles. The summed E-state index contributed by atoms with van der Waals surface area (Å²) in [6, 6.07) is 66.7. The first-order valence-corrected chi connectivity index (χ1v) is 24.6. The number of hydrogen-bond acceptors (Lipinski definition) is 4. The third kappa shape index (κ3) is 9.26. The third-order valence-electron chi connectivity index (χ3n) is 11.9. The Bertz CT molecular complexity index is 2560. The zero-order valence-electron chi connectivity index (χ0n) is 36.8. The average Bonchev–Trinajstić information content (AvgIpc) is 4.05. The van der Waals surface area contributed by atoms with Gasteiger partial charge in [0, 0.05) is 0 Å². The van der Waals surface area contributed by atoms with Crippen LogP contribution in [0, 0.1) is 0 Å². The molecule has 0 N–H and O–H groups in total. The predicted molar refractivity (Wildman–Crippen MR) is 276 cm³/mol. The molecule has 7 aromatic carbocycles. The molecule has 0 saturated heterocycles. The highest BCUT2D eigenvalue weighted by atomic mass is 32.1. The van der Waals surface area contributed by atoms with E-state index in [1.807, 2.05) is 0 Å². The predicted octanol–water partition coefficient (Wildman–Crippen LogP) is 18.3. The van der Waals surface area contributed by atoms with E-state index in [1.54, 1.807) is 22.7 Å². The zero-order chi connectivity index (χ0) is 43.5. The summed E-state index contributed by atoms with van der Waals surface area (Å²) in [5.74, 6) is 1.93. The Morgan fingerprint density at radius 3 is 0.844 bits per heavy atom. The van der Waals surface area contributed by atoms with Crippen LogP contribution in [0.3, 0.4) is 0 Å². The molecule has 64 heavy (non-hydrogen) atoms. The van der Waals surface area contributed by atoms with Crippen LogP contribution >= 0.6 is 22.7 Å². The molecule has 0 amide bonds. The Morgan fingerprint density at radius 2 is 0.562 bits per heavy atom. The fraction of sp³-hybridized carbons (Fsp3) is 0.167. The van der Waals surface area contributed by atoms with E-state index in [0.29, 0.717) is 0 Å². The van der Waals surface area contributed by atoms with Gasteiger partial charge in [0.15, 0.2) is 0 Å². The van der Waals surface area contributed by atoms with Crippen LogP contribution in [-0.4, -0.2) is 13.2 Å². The van der Waals surface area contributed by atoms with E-state index in [2.05, 4.69) is 207 Å². The lowest BCUT2D eigenvalue weighted by Crippen LogP contribution is -2.02. The summed E-state index contributed by atoms with van der Waals surface area (Å²) >= 11 is 3.48. The number of benzene rings is 7. The fourth-order valence-corrected chi connectivity index (χ4v) is 10.5. The lowest BCUT2D eigenvalue weighted by Gasteiger charge is -2.29. The monoisotopic (exact) mass is 870 g/mol. The minimum absolute atomic E-state index is 0.735. The van der Waals surface area contributed by atoms with E-state index >= 15 is 0 Å². The van der Waals surface area contributed by atoms with Gasteiger partial charge >= 0.3 is 0 Å². The molecule has 4 heteroatoms. The van der Waals surface area contributed by atoms with E-state index in [9.17, 15) is 0 Å². The molecule has 0 bridgehead atoms. The molecular formula is C60H54O2S2. The van der Waals surface area contributed by atoms with E-state index in [0.717, 1.165) is 59.8 Å². The Balaban J connectivity index is 1.32. The third-order valence-corrected chi connectivity index (χ3v) is 13.8. The van der Waals surface area contributed by atoms with Crippen molar-refractivity contribution in [3.63, 3.8) is 0 Å². The van der Waals surface area contributed by atoms with Gasteiger partial charge in [0.1, 0.15) is 11.5 Å². The minimum Gasteiger partial charge on any atom is -0.492 e. The molecule has 9 aromatic rings. The summed E-state index contributed by atoms with van der Waals surface area (Å²) in [7, 11) is 0. The molecule has 0 atom stereocenters. The molecular weight excluding hydrogens is 817 g/mol. The molecule has 0 unspecified atom stereocenters. The molecule has 2 aromatic heterocycles. The quantitative estimate of drug-likeness (QED) is 0.0800. The van der Waals surface area contributed by atoms with Crippen LogP contribution in [-0.2, 0) is 0 Å². The summed E-state index contributed by atoms with van der Waals surface area (Å²) in [4.78, 5) is 2.34. The topological polar surface area (TPSA) is 18.5 Å². The first-order chi connectivity index (χ1) is 31.7. The van der Waals surface area contributed by atoms with Crippen LogP contribution < -0.4 is 9.47 Å². The summed E-state index contributed by atoms with van der Waals surface area (Å²) < 4.78 is 12.7. The fourth-order valence-electron chi connectivity index (χ4n) is 8.79. The normalized spacial score (nSPS) is 11.2. The van der Waals surface area contributed by atoms with Gasteiger partial charge in [-0.15, -0.1) is 22.7 Å². The summed E-state index contributed by atoms with van der Waals surface area (Å²) in [5.41, 5.74) is 16.5. The number of rotatable bonds is 18. The van der Waals surface area contributed by atoms with Gasteiger partial charge in [-0.2, -0.15) is 0 Å². The van der Waals surface area contributed by atoms with Crippen molar-refractivity contribution < 1.29 is 9.47 Å². The Hall–Kier alpha value is -6.46. The van der Waals surface area contributed by atoms with Crippen LogP contribution in [0.25, 0.3) is 87.6 Å². The van der Waals surface area contributed by atoms with Crippen molar-refractivity contribution in [2.24, 2.45) is 0 Å². The first-order valence-electron chi connectivity index (χ1n) is 22.8. The molecule has 0 fully saturated rings. The second kappa shape index (κ2) is 20.8. The summed E-state index contributed by atoms with van der Waals surface area (Å²) in [5, 5.41) is 4.29. The zero-order valence-corrected chi connectivity index (χ0v) is 38.4. The Kier molecular flexibility index (Phi) is 13.9.